The molecule has 6 nitrogen and oxygen atoms in total. The van der Waals surface area contributed by atoms with Crippen molar-refractivity contribution in [2.24, 2.45) is 0 Å². The third-order valence-corrected chi connectivity index (χ3v) is 5.91. The van der Waals surface area contributed by atoms with Crippen LogP contribution in [-0.4, -0.2) is 59.5 Å². The molecule has 1 amide bonds. The minimum atomic E-state index is -0.0535. The Bertz CT molecular complexity index is 842. The summed E-state index contributed by atoms with van der Waals surface area (Å²) in [5, 5.41) is 0. The van der Waals surface area contributed by atoms with Crippen molar-refractivity contribution < 1.29 is 9.53 Å². The molecule has 0 N–H and O–H groups in total. The second-order valence-corrected chi connectivity index (χ2v) is 7.75. The highest BCUT2D eigenvalue weighted by Crippen LogP contribution is 2.40. The number of benzene rings is 1. The lowest BCUT2D eigenvalue weighted by Crippen LogP contribution is -2.53. The van der Waals surface area contributed by atoms with E-state index in [1.807, 2.05) is 31.0 Å². The minimum absolute atomic E-state index is 0.0382. The quantitative estimate of drug-likeness (QED) is 0.835. The number of aromatic nitrogens is 2. The number of carbonyl (C=O) groups is 1. The molecular formula is C21H26N4O2. The van der Waals surface area contributed by atoms with Crippen LogP contribution < -0.4 is 4.74 Å². The molecule has 0 unspecified atom stereocenters. The van der Waals surface area contributed by atoms with Gasteiger partial charge in [0.05, 0.1) is 18.4 Å². The average molecular weight is 366 g/mol. The molecule has 1 aromatic heterocycles. The fraction of sp³-hybridized carbons (Fsp3) is 0.476. The lowest BCUT2D eigenvalue weighted by atomic mass is 9.71. The molecule has 0 atom stereocenters. The van der Waals surface area contributed by atoms with Gasteiger partial charge in [-0.05, 0) is 50.6 Å². The molecule has 1 fully saturated rings. The number of nitrogens with zero attached hydrogens (tertiary/aromatic N) is 4. The van der Waals surface area contributed by atoms with Crippen molar-refractivity contribution in [3.05, 3.63) is 53.1 Å². The monoisotopic (exact) mass is 366 g/mol. The Kier molecular flexibility index (Phi) is 4.60. The summed E-state index contributed by atoms with van der Waals surface area (Å²) in [6.45, 7) is 5.57. The molecule has 1 saturated heterocycles. The number of carbonyl (C=O) groups excluding carboxylic acids is 1. The molecule has 0 saturated carbocycles. The van der Waals surface area contributed by atoms with Gasteiger partial charge < -0.3 is 9.64 Å². The second-order valence-electron chi connectivity index (χ2n) is 7.75. The van der Waals surface area contributed by atoms with E-state index in [1.165, 1.54) is 5.56 Å². The maximum Gasteiger partial charge on any atom is 0.257 e. The average Bonchev–Trinajstić information content (AvgIpc) is 2.69. The van der Waals surface area contributed by atoms with Gasteiger partial charge in [-0.25, -0.2) is 9.97 Å². The van der Waals surface area contributed by atoms with Crippen molar-refractivity contribution in [1.29, 1.82) is 0 Å². The number of likely N-dealkylation sites (N-methyl/N-ethyl adjacent to an activating group) is 1. The van der Waals surface area contributed by atoms with Crippen molar-refractivity contribution in [3.8, 4) is 5.75 Å². The second kappa shape index (κ2) is 6.93. The maximum atomic E-state index is 12.5. The lowest BCUT2D eigenvalue weighted by Gasteiger charge is -2.46. The van der Waals surface area contributed by atoms with Gasteiger partial charge in [-0.15, -0.1) is 0 Å². The van der Waals surface area contributed by atoms with Crippen LogP contribution in [0.3, 0.4) is 0 Å². The topological polar surface area (TPSA) is 58.6 Å². The van der Waals surface area contributed by atoms with E-state index in [4.69, 9.17) is 9.72 Å². The number of hydrogen-bond acceptors (Lipinski definition) is 5. The fourth-order valence-electron chi connectivity index (χ4n) is 4.36. The molecule has 0 radical (unpaired) electrons. The molecule has 2 aliphatic rings. The maximum absolute atomic E-state index is 12.5. The summed E-state index contributed by atoms with van der Waals surface area (Å²) in [7, 11) is 3.57. The van der Waals surface area contributed by atoms with Gasteiger partial charge in [0.1, 0.15) is 11.6 Å². The number of rotatable bonds is 3. The standard InChI is InChI=1S/C21H26N4O2/c1-15-22-12-18-19(23-15)21(14-24(2)20(18)26)8-10-25(11-9-21)13-16-4-6-17(27-3)7-5-16/h4-7,12H,8-11,13-14H2,1-3H3. The van der Waals surface area contributed by atoms with E-state index >= 15 is 0 Å². The van der Waals surface area contributed by atoms with Crippen LogP contribution in [-0.2, 0) is 12.0 Å². The zero-order valence-corrected chi connectivity index (χ0v) is 16.2. The van der Waals surface area contributed by atoms with Crippen molar-refractivity contribution in [1.82, 2.24) is 19.8 Å². The van der Waals surface area contributed by atoms with Crippen LogP contribution in [0.25, 0.3) is 0 Å². The Morgan fingerprint density at radius 3 is 2.56 bits per heavy atom. The predicted molar refractivity (Wildman–Crippen MR) is 103 cm³/mol. The van der Waals surface area contributed by atoms with E-state index in [1.54, 1.807) is 13.3 Å². The lowest BCUT2D eigenvalue weighted by molar-refractivity contribution is 0.0623. The summed E-state index contributed by atoms with van der Waals surface area (Å²) in [6.07, 6.45) is 3.72. The number of piperidine rings is 1. The molecule has 0 bridgehead atoms. The molecule has 2 aliphatic heterocycles. The van der Waals surface area contributed by atoms with Crippen molar-refractivity contribution in [2.75, 3.05) is 33.8 Å². The van der Waals surface area contributed by atoms with Crippen LogP contribution >= 0.6 is 0 Å². The van der Waals surface area contributed by atoms with Gasteiger partial charge in [-0.1, -0.05) is 12.1 Å². The highest BCUT2D eigenvalue weighted by Gasteiger charge is 2.45. The van der Waals surface area contributed by atoms with E-state index < -0.39 is 0 Å². The Hall–Kier alpha value is -2.47. The van der Waals surface area contributed by atoms with E-state index in [2.05, 4.69) is 22.0 Å². The summed E-state index contributed by atoms with van der Waals surface area (Å²) in [5.74, 6) is 1.67. The molecule has 6 heteroatoms. The van der Waals surface area contributed by atoms with Crippen LogP contribution in [0.1, 0.15) is 40.3 Å². The Labute approximate surface area is 160 Å². The first kappa shape index (κ1) is 17.9. The van der Waals surface area contributed by atoms with Crippen LogP contribution in [0.15, 0.2) is 30.5 Å². The SMILES string of the molecule is COc1ccc(CN2CCC3(CC2)CN(C)C(=O)c2cnc(C)nc23)cc1. The van der Waals surface area contributed by atoms with Crippen molar-refractivity contribution >= 4 is 5.91 Å². The number of ether oxygens (including phenoxy) is 1. The third kappa shape index (κ3) is 3.30. The zero-order valence-electron chi connectivity index (χ0n) is 16.2. The summed E-state index contributed by atoms with van der Waals surface area (Å²) < 4.78 is 5.24. The zero-order chi connectivity index (χ0) is 19.0. The van der Waals surface area contributed by atoms with Crippen LogP contribution in [0.5, 0.6) is 5.75 Å². The van der Waals surface area contributed by atoms with E-state index in [-0.39, 0.29) is 11.3 Å². The van der Waals surface area contributed by atoms with E-state index in [9.17, 15) is 4.79 Å². The molecular weight excluding hydrogens is 340 g/mol. The third-order valence-electron chi connectivity index (χ3n) is 5.91. The van der Waals surface area contributed by atoms with Gasteiger partial charge in [-0.3, -0.25) is 9.69 Å². The predicted octanol–water partition coefficient (Wildman–Crippen LogP) is 2.41. The normalized spacial score (nSPS) is 19.2. The highest BCUT2D eigenvalue weighted by molar-refractivity contribution is 5.96. The number of hydrogen-bond donors (Lipinski definition) is 0. The van der Waals surface area contributed by atoms with Crippen LogP contribution in [0.2, 0.25) is 0 Å². The summed E-state index contributed by atoms with van der Waals surface area (Å²) in [5.41, 5.74) is 2.88. The van der Waals surface area contributed by atoms with Crippen LogP contribution in [0.4, 0.5) is 0 Å². The Morgan fingerprint density at radius 2 is 1.89 bits per heavy atom. The number of fused-ring (bicyclic) bond motifs is 2. The largest absolute Gasteiger partial charge is 0.497 e. The van der Waals surface area contributed by atoms with Gasteiger partial charge >= 0.3 is 0 Å². The molecule has 3 heterocycles. The first-order valence-corrected chi connectivity index (χ1v) is 9.46. The number of aryl methyl sites for hydroxylation is 1. The number of likely N-dealkylation sites (tertiary alicyclic amines) is 1. The van der Waals surface area contributed by atoms with Gasteiger partial charge in [-0.2, -0.15) is 0 Å². The first-order chi connectivity index (χ1) is 13.0. The molecule has 142 valence electrons. The summed E-state index contributed by atoms with van der Waals surface area (Å²) in [6, 6.07) is 8.28. The van der Waals surface area contributed by atoms with Crippen molar-refractivity contribution in [3.63, 3.8) is 0 Å². The summed E-state index contributed by atoms with van der Waals surface area (Å²) in [4.78, 5) is 25.8. The van der Waals surface area contributed by atoms with Gasteiger partial charge in [0.25, 0.3) is 5.91 Å². The molecule has 0 aliphatic carbocycles. The Balaban J connectivity index is 1.51. The Morgan fingerprint density at radius 1 is 1.19 bits per heavy atom. The van der Waals surface area contributed by atoms with Gasteiger partial charge in [0, 0.05) is 31.7 Å². The number of methoxy groups -OCH3 is 1. The molecule has 1 aromatic carbocycles. The molecule has 1 spiro atoms. The van der Waals surface area contributed by atoms with Gasteiger partial charge in [0.2, 0.25) is 0 Å². The molecule has 4 rings (SSSR count). The smallest absolute Gasteiger partial charge is 0.257 e. The first-order valence-electron chi connectivity index (χ1n) is 9.46. The molecule has 2 aromatic rings. The summed E-state index contributed by atoms with van der Waals surface area (Å²) >= 11 is 0. The van der Waals surface area contributed by atoms with E-state index in [0.717, 1.165) is 56.3 Å². The minimum Gasteiger partial charge on any atom is -0.497 e. The van der Waals surface area contributed by atoms with Crippen LogP contribution in [0, 0.1) is 6.92 Å². The fourth-order valence-corrected chi connectivity index (χ4v) is 4.36. The van der Waals surface area contributed by atoms with Gasteiger partial charge in [0.15, 0.2) is 0 Å². The highest BCUT2D eigenvalue weighted by atomic mass is 16.5. The van der Waals surface area contributed by atoms with Crippen molar-refractivity contribution in [2.45, 2.75) is 31.7 Å². The molecule has 27 heavy (non-hydrogen) atoms. The van der Waals surface area contributed by atoms with E-state index in [0.29, 0.717) is 5.56 Å². The number of amides is 1.